The number of carbonyl (C=O) groups is 3. The largest absolute Gasteiger partial charge is 0.452 e. The number of ether oxygens (including phenoxy) is 1. The highest BCUT2D eigenvalue weighted by atomic mass is 16.6. The van der Waals surface area contributed by atoms with Crippen LogP contribution in [0.15, 0.2) is 48.5 Å². The van der Waals surface area contributed by atoms with E-state index in [1.807, 2.05) is 0 Å². The van der Waals surface area contributed by atoms with Gasteiger partial charge in [0.05, 0.1) is 10.5 Å². The van der Waals surface area contributed by atoms with Gasteiger partial charge in [-0.1, -0.05) is 18.2 Å². The Balaban J connectivity index is 1.99. The van der Waals surface area contributed by atoms with Gasteiger partial charge in [0.25, 0.3) is 17.5 Å². The van der Waals surface area contributed by atoms with Gasteiger partial charge < -0.3 is 9.64 Å². The van der Waals surface area contributed by atoms with E-state index < -0.39 is 29.3 Å². The zero-order valence-corrected chi connectivity index (χ0v) is 14.7. The fraction of sp³-hybridized carbons (Fsp3) is 0.167. The Morgan fingerprint density at radius 3 is 2.33 bits per heavy atom. The molecule has 27 heavy (non-hydrogen) atoms. The second kappa shape index (κ2) is 8.56. The number of rotatable bonds is 6. The fourth-order valence-corrected chi connectivity index (χ4v) is 2.21. The van der Waals surface area contributed by atoms with E-state index in [0.29, 0.717) is 5.69 Å². The molecule has 0 aromatic heterocycles. The predicted molar refractivity (Wildman–Crippen MR) is 96.6 cm³/mol. The van der Waals surface area contributed by atoms with Crippen LogP contribution in [-0.4, -0.2) is 43.4 Å². The summed E-state index contributed by atoms with van der Waals surface area (Å²) in [5, 5.41) is 13.2. The van der Waals surface area contributed by atoms with Crippen LogP contribution in [0.1, 0.15) is 20.7 Å². The van der Waals surface area contributed by atoms with Crippen LogP contribution in [-0.2, 0) is 9.53 Å². The Morgan fingerprint density at radius 1 is 1.07 bits per heavy atom. The molecular weight excluding hydrogens is 354 g/mol. The lowest BCUT2D eigenvalue weighted by atomic mass is 10.1. The summed E-state index contributed by atoms with van der Waals surface area (Å²) in [7, 11) is 3.27. The van der Waals surface area contributed by atoms with Crippen LogP contribution in [0.2, 0.25) is 0 Å². The second-order valence-electron chi connectivity index (χ2n) is 5.67. The first-order chi connectivity index (χ1) is 12.8. The minimum atomic E-state index is -0.911. The molecule has 0 aliphatic heterocycles. The summed E-state index contributed by atoms with van der Waals surface area (Å²) in [4.78, 5) is 47.7. The Hall–Kier alpha value is -3.75. The van der Waals surface area contributed by atoms with Crippen LogP contribution < -0.4 is 10.2 Å². The second-order valence-corrected chi connectivity index (χ2v) is 5.67. The quantitative estimate of drug-likeness (QED) is 0.467. The van der Waals surface area contributed by atoms with Gasteiger partial charge in [0.15, 0.2) is 6.61 Å². The maximum atomic E-state index is 12.0. The van der Waals surface area contributed by atoms with E-state index in [4.69, 9.17) is 4.74 Å². The number of nitrogens with zero attached hydrogens (tertiary/aromatic N) is 2. The monoisotopic (exact) mass is 371 g/mol. The summed E-state index contributed by atoms with van der Waals surface area (Å²) in [6, 6.07) is 11.9. The molecule has 0 fully saturated rings. The van der Waals surface area contributed by atoms with Crippen molar-refractivity contribution in [2.75, 3.05) is 25.6 Å². The molecule has 1 N–H and O–H groups in total. The van der Waals surface area contributed by atoms with Gasteiger partial charge in [0, 0.05) is 25.7 Å². The van der Waals surface area contributed by atoms with Gasteiger partial charge in [0.1, 0.15) is 5.69 Å². The van der Waals surface area contributed by atoms with Crippen LogP contribution in [0.25, 0.3) is 0 Å². The third-order valence-corrected chi connectivity index (χ3v) is 3.51. The zero-order chi connectivity index (χ0) is 20.0. The summed E-state index contributed by atoms with van der Waals surface area (Å²) < 4.78 is 4.82. The maximum Gasteiger partial charge on any atom is 0.338 e. The highest BCUT2D eigenvalue weighted by Crippen LogP contribution is 2.27. The van der Waals surface area contributed by atoms with E-state index in [-0.39, 0.29) is 16.8 Å². The van der Waals surface area contributed by atoms with Crippen LogP contribution in [0, 0.1) is 10.1 Å². The van der Waals surface area contributed by atoms with Crippen molar-refractivity contribution in [1.82, 2.24) is 5.32 Å². The molecule has 0 aliphatic rings. The molecule has 2 rings (SSSR count). The molecule has 9 nitrogen and oxygen atoms in total. The molecule has 2 aromatic carbocycles. The van der Waals surface area contributed by atoms with Crippen LogP contribution in [0.5, 0.6) is 0 Å². The van der Waals surface area contributed by atoms with Crippen molar-refractivity contribution in [2.45, 2.75) is 0 Å². The van der Waals surface area contributed by atoms with Crippen molar-refractivity contribution < 1.29 is 24.0 Å². The topological polar surface area (TPSA) is 119 Å². The van der Waals surface area contributed by atoms with E-state index in [0.717, 1.165) is 6.07 Å². The van der Waals surface area contributed by atoms with E-state index in [1.165, 1.54) is 29.2 Å². The Morgan fingerprint density at radius 2 is 1.74 bits per heavy atom. The molecule has 9 heteroatoms. The Kier molecular flexibility index (Phi) is 6.21. The molecule has 2 aromatic rings. The molecule has 140 valence electrons. The van der Waals surface area contributed by atoms with Crippen molar-refractivity contribution in [3.8, 4) is 0 Å². The third-order valence-electron chi connectivity index (χ3n) is 3.51. The number of nitro benzene ring substituents is 1. The first kappa shape index (κ1) is 19.6. The van der Waals surface area contributed by atoms with Crippen LogP contribution in [0.3, 0.4) is 0 Å². The smallest absolute Gasteiger partial charge is 0.338 e. The average molecular weight is 371 g/mol. The van der Waals surface area contributed by atoms with Crippen molar-refractivity contribution in [3.63, 3.8) is 0 Å². The zero-order valence-electron chi connectivity index (χ0n) is 14.7. The van der Waals surface area contributed by atoms with Crippen LogP contribution in [0.4, 0.5) is 11.4 Å². The standard InChI is InChI=1S/C18H17N3O6/c1-20(2)14-9-8-13(10-15(14)21(25)26)18(24)27-11-16(22)19-17(23)12-6-4-3-5-7-12/h3-10H,11H2,1-2H3,(H,19,22,23). The lowest BCUT2D eigenvalue weighted by Crippen LogP contribution is -2.34. The number of carbonyl (C=O) groups excluding carboxylic acids is 3. The van der Waals surface area contributed by atoms with E-state index in [2.05, 4.69) is 5.32 Å². The number of amides is 2. The van der Waals surface area contributed by atoms with Crippen molar-refractivity contribution >= 4 is 29.2 Å². The van der Waals surface area contributed by atoms with Gasteiger partial charge in [0.2, 0.25) is 0 Å². The third kappa shape index (κ3) is 5.11. The number of esters is 1. The summed E-state index contributed by atoms with van der Waals surface area (Å²) in [5.41, 5.74) is 0.266. The van der Waals surface area contributed by atoms with Crippen LogP contribution >= 0.6 is 0 Å². The molecule has 0 heterocycles. The molecule has 0 aliphatic carbocycles. The molecule has 2 amide bonds. The van der Waals surface area contributed by atoms with Gasteiger partial charge >= 0.3 is 5.97 Å². The Bertz CT molecular complexity index is 880. The number of hydrogen-bond donors (Lipinski definition) is 1. The Labute approximate surface area is 154 Å². The van der Waals surface area contributed by atoms with Gasteiger partial charge in [-0.3, -0.25) is 25.0 Å². The summed E-state index contributed by atoms with van der Waals surface area (Å²) in [6.45, 7) is -0.694. The average Bonchev–Trinajstić information content (AvgIpc) is 2.66. The number of hydrogen-bond acceptors (Lipinski definition) is 7. The maximum absolute atomic E-state index is 12.0. The first-order valence-corrected chi connectivity index (χ1v) is 7.81. The molecule has 0 unspecified atom stereocenters. The lowest BCUT2D eigenvalue weighted by molar-refractivity contribution is -0.384. The number of nitrogens with one attached hydrogen (secondary N) is 1. The van der Waals surface area contributed by atoms with Gasteiger partial charge in [-0.2, -0.15) is 0 Å². The minimum Gasteiger partial charge on any atom is -0.452 e. The fourth-order valence-electron chi connectivity index (χ4n) is 2.21. The summed E-state index contributed by atoms with van der Waals surface area (Å²) >= 11 is 0. The number of nitro groups is 1. The highest BCUT2D eigenvalue weighted by Gasteiger charge is 2.20. The van der Waals surface area contributed by atoms with Gasteiger partial charge in [-0.05, 0) is 24.3 Å². The summed E-state index contributed by atoms with van der Waals surface area (Å²) in [6.07, 6.45) is 0. The lowest BCUT2D eigenvalue weighted by Gasteiger charge is -2.13. The van der Waals surface area contributed by atoms with E-state index in [1.54, 1.807) is 32.3 Å². The molecule has 0 radical (unpaired) electrons. The number of imide groups is 1. The summed E-state index contributed by atoms with van der Waals surface area (Å²) in [5.74, 6) is -2.34. The minimum absolute atomic E-state index is 0.0746. The first-order valence-electron chi connectivity index (χ1n) is 7.81. The molecule has 0 saturated heterocycles. The number of benzene rings is 2. The normalized spacial score (nSPS) is 10.0. The van der Waals surface area contributed by atoms with Crippen molar-refractivity contribution in [2.24, 2.45) is 0 Å². The SMILES string of the molecule is CN(C)c1ccc(C(=O)OCC(=O)NC(=O)c2ccccc2)cc1[N+](=O)[O-]. The van der Waals surface area contributed by atoms with Crippen molar-refractivity contribution in [3.05, 3.63) is 69.8 Å². The van der Waals surface area contributed by atoms with Gasteiger partial charge in [-0.25, -0.2) is 4.79 Å². The molecule has 0 saturated carbocycles. The van der Waals surface area contributed by atoms with Crippen molar-refractivity contribution in [1.29, 1.82) is 0 Å². The van der Waals surface area contributed by atoms with Gasteiger partial charge in [-0.15, -0.1) is 0 Å². The van der Waals surface area contributed by atoms with E-state index >= 15 is 0 Å². The highest BCUT2D eigenvalue weighted by molar-refractivity contribution is 6.05. The molecular formula is C18H17N3O6. The predicted octanol–water partition coefficient (Wildman–Crippen LogP) is 1.77. The van der Waals surface area contributed by atoms with E-state index in [9.17, 15) is 24.5 Å². The molecule has 0 bridgehead atoms. The molecule has 0 atom stereocenters. The molecule has 0 spiro atoms. The number of anilines is 1.